The van der Waals surface area contributed by atoms with Gasteiger partial charge in [0.25, 0.3) is 10.1 Å². The van der Waals surface area contributed by atoms with Crippen LogP contribution in [0.4, 0.5) is 0 Å². The molecule has 22 heavy (non-hydrogen) atoms. The third-order valence-corrected chi connectivity index (χ3v) is 4.74. The number of carboxylic acid groups (broad SMARTS) is 1. The molecule has 0 saturated carbocycles. The standard InChI is InChI=1S/C14H18O7S/c1-11-4-2-3-5-12(11)22(17,18)21-10-14(8-13(15)16)9-19-6-7-20-14/h2-5H,6-10H2,1H3,(H,15,16). The van der Waals surface area contributed by atoms with Gasteiger partial charge in [0.2, 0.25) is 0 Å². The number of aliphatic carboxylic acids is 1. The first-order valence-electron chi connectivity index (χ1n) is 6.73. The lowest BCUT2D eigenvalue weighted by Gasteiger charge is -2.35. The molecule has 0 spiro atoms. The molecule has 1 aromatic carbocycles. The van der Waals surface area contributed by atoms with Crippen LogP contribution in [-0.4, -0.2) is 51.5 Å². The first-order valence-corrected chi connectivity index (χ1v) is 8.14. The second kappa shape index (κ2) is 6.74. The summed E-state index contributed by atoms with van der Waals surface area (Å²) in [7, 11) is -3.99. The van der Waals surface area contributed by atoms with Crippen LogP contribution >= 0.6 is 0 Å². The molecule has 1 saturated heterocycles. The Kier molecular flexibility index (Phi) is 5.17. The van der Waals surface area contributed by atoms with Gasteiger partial charge in [0.1, 0.15) is 5.60 Å². The summed E-state index contributed by atoms with van der Waals surface area (Å²) in [6, 6.07) is 6.41. The molecule has 0 aromatic heterocycles. The minimum Gasteiger partial charge on any atom is -0.481 e. The molecule has 1 fully saturated rings. The van der Waals surface area contributed by atoms with Crippen molar-refractivity contribution in [3.05, 3.63) is 29.8 Å². The molecule has 8 heteroatoms. The summed E-state index contributed by atoms with van der Waals surface area (Å²) in [5, 5.41) is 8.98. The fraction of sp³-hybridized carbons (Fsp3) is 0.500. The summed E-state index contributed by atoms with van der Waals surface area (Å²) in [4.78, 5) is 11.0. The van der Waals surface area contributed by atoms with Gasteiger partial charge in [0.05, 0.1) is 37.7 Å². The average Bonchev–Trinajstić information content (AvgIpc) is 2.46. The number of rotatable bonds is 6. The van der Waals surface area contributed by atoms with Crippen molar-refractivity contribution in [2.45, 2.75) is 23.8 Å². The van der Waals surface area contributed by atoms with Crippen molar-refractivity contribution in [2.75, 3.05) is 26.4 Å². The van der Waals surface area contributed by atoms with E-state index in [2.05, 4.69) is 0 Å². The van der Waals surface area contributed by atoms with Crippen molar-refractivity contribution >= 4 is 16.1 Å². The third kappa shape index (κ3) is 4.04. The Labute approximate surface area is 128 Å². The number of aryl methyl sites for hydroxylation is 1. The van der Waals surface area contributed by atoms with Crippen LogP contribution in [0.15, 0.2) is 29.2 Å². The lowest BCUT2D eigenvalue weighted by molar-refractivity contribution is -0.183. The number of benzene rings is 1. The van der Waals surface area contributed by atoms with Crippen molar-refractivity contribution in [2.24, 2.45) is 0 Å². The fourth-order valence-electron chi connectivity index (χ4n) is 2.21. The second-order valence-electron chi connectivity index (χ2n) is 5.14. The summed E-state index contributed by atoms with van der Waals surface area (Å²) in [5.41, 5.74) is -0.740. The van der Waals surface area contributed by atoms with Gasteiger partial charge in [-0.3, -0.25) is 8.98 Å². The molecular formula is C14H18O7S. The molecule has 1 aromatic rings. The largest absolute Gasteiger partial charge is 0.481 e. The third-order valence-electron chi connectivity index (χ3n) is 3.31. The first-order chi connectivity index (χ1) is 10.3. The molecule has 0 aliphatic carbocycles. The highest BCUT2D eigenvalue weighted by molar-refractivity contribution is 7.86. The topological polar surface area (TPSA) is 99.1 Å². The quantitative estimate of drug-likeness (QED) is 0.776. The van der Waals surface area contributed by atoms with E-state index in [9.17, 15) is 13.2 Å². The molecule has 0 amide bonds. The lowest BCUT2D eigenvalue weighted by atomic mass is 10.0. The van der Waals surface area contributed by atoms with Crippen LogP contribution in [0.5, 0.6) is 0 Å². The summed E-state index contributed by atoms with van der Waals surface area (Å²) < 4.78 is 40.2. The van der Waals surface area contributed by atoms with E-state index in [4.69, 9.17) is 18.8 Å². The molecular weight excluding hydrogens is 312 g/mol. The van der Waals surface area contributed by atoms with Gasteiger partial charge in [-0.25, -0.2) is 0 Å². The van der Waals surface area contributed by atoms with Crippen LogP contribution in [0.2, 0.25) is 0 Å². The van der Waals surface area contributed by atoms with Crippen molar-refractivity contribution in [1.82, 2.24) is 0 Å². The van der Waals surface area contributed by atoms with E-state index < -0.39 is 34.7 Å². The van der Waals surface area contributed by atoms with Crippen molar-refractivity contribution in [1.29, 1.82) is 0 Å². The van der Waals surface area contributed by atoms with Crippen LogP contribution in [0.25, 0.3) is 0 Å². The molecule has 1 atom stereocenters. The normalized spacial score (nSPS) is 22.4. The maximum Gasteiger partial charge on any atom is 0.306 e. The maximum absolute atomic E-state index is 12.3. The van der Waals surface area contributed by atoms with E-state index in [1.54, 1.807) is 25.1 Å². The van der Waals surface area contributed by atoms with Gasteiger partial charge in [-0.15, -0.1) is 0 Å². The zero-order valence-electron chi connectivity index (χ0n) is 12.1. The maximum atomic E-state index is 12.3. The minimum atomic E-state index is -3.99. The summed E-state index contributed by atoms with van der Waals surface area (Å²) in [6.07, 6.45) is -0.393. The van der Waals surface area contributed by atoms with Gasteiger partial charge in [0, 0.05) is 0 Å². The Hall–Kier alpha value is -1.48. The van der Waals surface area contributed by atoms with Crippen molar-refractivity contribution in [3.8, 4) is 0 Å². The molecule has 1 heterocycles. The predicted molar refractivity (Wildman–Crippen MR) is 76.1 cm³/mol. The zero-order valence-corrected chi connectivity index (χ0v) is 13.0. The molecule has 0 bridgehead atoms. The van der Waals surface area contributed by atoms with Gasteiger partial charge < -0.3 is 14.6 Å². The fourth-order valence-corrected chi connectivity index (χ4v) is 3.42. The molecule has 1 aliphatic rings. The second-order valence-corrected chi connectivity index (χ2v) is 6.72. The van der Waals surface area contributed by atoms with Crippen LogP contribution in [0.1, 0.15) is 12.0 Å². The summed E-state index contributed by atoms with van der Waals surface area (Å²) in [5.74, 6) is -1.11. The predicted octanol–water partition coefficient (Wildman–Crippen LogP) is 0.961. The molecule has 1 aliphatic heterocycles. The highest BCUT2D eigenvalue weighted by Gasteiger charge is 2.39. The molecule has 2 rings (SSSR count). The molecule has 1 unspecified atom stereocenters. The zero-order chi connectivity index (χ0) is 16.2. The van der Waals surface area contributed by atoms with Gasteiger partial charge in [-0.2, -0.15) is 8.42 Å². The molecule has 122 valence electrons. The van der Waals surface area contributed by atoms with Gasteiger partial charge >= 0.3 is 5.97 Å². The molecule has 1 N–H and O–H groups in total. The summed E-state index contributed by atoms with van der Waals surface area (Å²) >= 11 is 0. The summed E-state index contributed by atoms with van der Waals surface area (Å²) in [6.45, 7) is 1.76. The number of ether oxygens (including phenoxy) is 2. The van der Waals surface area contributed by atoms with Gasteiger partial charge in [-0.05, 0) is 18.6 Å². The Morgan fingerprint density at radius 3 is 2.68 bits per heavy atom. The Morgan fingerprint density at radius 1 is 1.36 bits per heavy atom. The van der Waals surface area contributed by atoms with Crippen LogP contribution in [0.3, 0.4) is 0 Å². The van der Waals surface area contributed by atoms with E-state index >= 15 is 0 Å². The number of carbonyl (C=O) groups is 1. The van der Waals surface area contributed by atoms with Crippen molar-refractivity contribution in [3.63, 3.8) is 0 Å². The Morgan fingerprint density at radius 2 is 2.09 bits per heavy atom. The highest BCUT2D eigenvalue weighted by Crippen LogP contribution is 2.24. The number of carboxylic acids is 1. The SMILES string of the molecule is Cc1ccccc1S(=O)(=O)OCC1(CC(=O)O)COCCO1. The molecule has 0 radical (unpaired) electrons. The monoisotopic (exact) mass is 330 g/mol. The van der Waals surface area contributed by atoms with Crippen molar-refractivity contribution < 1.29 is 32.0 Å². The van der Waals surface area contributed by atoms with E-state index in [0.29, 0.717) is 12.2 Å². The Balaban J connectivity index is 2.15. The van der Waals surface area contributed by atoms with E-state index in [1.165, 1.54) is 6.07 Å². The minimum absolute atomic E-state index is 0.0252. The Bertz CT molecular complexity index is 632. The number of hydrogen-bond donors (Lipinski definition) is 1. The smallest absolute Gasteiger partial charge is 0.306 e. The van der Waals surface area contributed by atoms with Crippen LogP contribution in [0, 0.1) is 6.92 Å². The van der Waals surface area contributed by atoms with Gasteiger partial charge in [-0.1, -0.05) is 18.2 Å². The molecule has 7 nitrogen and oxygen atoms in total. The van der Waals surface area contributed by atoms with Crippen LogP contribution < -0.4 is 0 Å². The number of hydrogen-bond acceptors (Lipinski definition) is 6. The van der Waals surface area contributed by atoms with Crippen LogP contribution in [-0.2, 0) is 28.6 Å². The highest BCUT2D eigenvalue weighted by atomic mass is 32.2. The first kappa shape index (κ1) is 16.9. The van der Waals surface area contributed by atoms with E-state index in [0.717, 1.165) is 0 Å². The van der Waals surface area contributed by atoms with E-state index in [1.807, 2.05) is 0 Å². The van der Waals surface area contributed by atoms with E-state index in [-0.39, 0.29) is 18.1 Å². The average molecular weight is 330 g/mol. The lowest BCUT2D eigenvalue weighted by Crippen LogP contribution is -2.49. The van der Waals surface area contributed by atoms with Gasteiger partial charge in [0.15, 0.2) is 0 Å².